The molecule has 1 aromatic rings. The van der Waals surface area contributed by atoms with Gasteiger partial charge in [-0.3, -0.25) is 0 Å². The van der Waals surface area contributed by atoms with Crippen molar-refractivity contribution < 1.29 is 4.74 Å². The number of benzene rings is 1. The van der Waals surface area contributed by atoms with Crippen LogP contribution in [0.25, 0.3) is 6.08 Å². The van der Waals surface area contributed by atoms with Crippen LogP contribution in [0.2, 0.25) is 0 Å². The fraction of sp³-hybridized carbons (Fsp3) is 0.478. The number of ether oxygens (including phenoxy) is 1. The van der Waals surface area contributed by atoms with Gasteiger partial charge in [0.1, 0.15) is 5.75 Å². The van der Waals surface area contributed by atoms with Crippen molar-refractivity contribution in [1.82, 2.24) is 0 Å². The molecule has 1 saturated carbocycles. The zero-order valence-corrected chi connectivity index (χ0v) is 15.1. The van der Waals surface area contributed by atoms with E-state index in [2.05, 4.69) is 24.8 Å². The first-order valence-electron chi connectivity index (χ1n) is 9.30. The van der Waals surface area contributed by atoms with E-state index in [-0.39, 0.29) is 0 Å². The van der Waals surface area contributed by atoms with E-state index in [9.17, 15) is 0 Å². The molecule has 1 heteroatoms. The van der Waals surface area contributed by atoms with Crippen LogP contribution in [0, 0.1) is 23.7 Å². The second kappa shape index (κ2) is 10.8. The van der Waals surface area contributed by atoms with Crippen molar-refractivity contribution in [2.24, 2.45) is 11.8 Å². The van der Waals surface area contributed by atoms with E-state index in [1.807, 2.05) is 42.5 Å². The molecule has 0 unspecified atom stereocenters. The van der Waals surface area contributed by atoms with Crippen LogP contribution in [0.4, 0.5) is 0 Å². The second-order valence-corrected chi connectivity index (χ2v) is 6.68. The molecule has 0 N–H and O–H groups in total. The van der Waals surface area contributed by atoms with E-state index in [1.54, 1.807) is 7.11 Å². The lowest BCUT2D eigenvalue weighted by Crippen LogP contribution is -2.12. The number of unbranched alkanes of at least 4 members (excludes halogenated alkanes) is 1. The van der Waals surface area contributed by atoms with Crippen LogP contribution in [-0.2, 0) is 0 Å². The lowest BCUT2D eigenvalue weighted by atomic mass is 9.80. The average Bonchev–Trinajstić information content (AvgIpc) is 2.64. The molecule has 0 atom stereocenters. The van der Waals surface area contributed by atoms with E-state index in [0.29, 0.717) is 0 Å². The highest BCUT2D eigenvalue weighted by atomic mass is 16.5. The fourth-order valence-electron chi connectivity index (χ4n) is 3.30. The third-order valence-electron chi connectivity index (χ3n) is 4.87. The van der Waals surface area contributed by atoms with Crippen molar-refractivity contribution in [1.29, 1.82) is 0 Å². The Balaban J connectivity index is 1.70. The van der Waals surface area contributed by atoms with Crippen LogP contribution < -0.4 is 4.74 Å². The highest BCUT2D eigenvalue weighted by molar-refractivity contribution is 5.54. The van der Waals surface area contributed by atoms with Crippen LogP contribution in [-0.4, -0.2) is 7.11 Å². The summed E-state index contributed by atoms with van der Waals surface area (Å²) in [7, 11) is 1.68. The molecule has 0 aromatic heterocycles. The van der Waals surface area contributed by atoms with Gasteiger partial charge in [-0.2, -0.15) is 0 Å². The van der Waals surface area contributed by atoms with E-state index >= 15 is 0 Å². The lowest BCUT2D eigenvalue weighted by Gasteiger charge is -2.26. The van der Waals surface area contributed by atoms with Crippen molar-refractivity contribution in [3.8, 4) is 17.6 Å². The van der Waals surface area contributed by atoms with Crippen LogP contribution in [0.5, 0.6) is 5.75 Å². The standard InChI is InChI=1S/C23H30O/c1-3-4-9-20-12-14-21(15-13-20)10-7-5-6-8-11-22-16-18-23(24-2)19-17-22/h7-8,10-11,16-21H,3-4,9,12-15H2,1-2H3/b10-7+,11-8+. The Morgan fingerprint density at radius 3 is 2.42 bits per heavy atom. The normalized spacial score (nSPS) is 20.9. The lowest BCUT2D eigenvalue weighted by molar-refractivity contribution is 0.291. The first-order valence-corrected chi connectivity index (χ1v) is 9.30. The van der Waals surface area contributed by atoms with E-state index in [4.69, 9.17) is 4.74 Å². The van der Waals surface area contributed by atoms with Crippen molar-refractivity contribution >= 4 is 6.08 Å². The molecule has 2 rings (SSSR count). The topological polar surface area (TPSA) is 9.23 Å². The summed E-state index contributed by atoms with van der Waals surface area (Å²) in [5, 5.41) is 0. The van der Waals surface area contributed by atoms with Gasteiger partial charge in [-0.1, -0.05) is 56.2 Å². The predicted octanol–water partition coefficient (Wildman–Crippen LogP) is 6.26. The first kappa shape index (κ1) is 18.4. The van der Waals surface area contributed by atoms with Gasteiger partial charge in [0.05, 0.1) is 7.11 Å². The van der Waals surface area contributed by atoms with Gasteiger partial charge in [0.25, 0.3) is 0 Å². The van der Waals surface area contributed by atoms with Gasteiger partial charge in [-0.25, -0.2) is 0 Å². The molecule has 1 aliphatic carbocycles. The minimum atomic E-state index is 0.739. The molecule has 0 radical (unpaired) electrons. The van der Waals surface area contributed by atoms with Crippen molar-refractivity contribution in [3.05, 3.63) is 48.1 Å². The van der Waals surface area contributed by atoms with Crippen LogP contribution >= 0.6 is 0 Å². The minimum Gasteiger partial charge on any atom is -0.497 e. The molecule has 1 aliphatic rings. The Kier molecular flexibility index (Phi) is 8.25. The molecule has 0 saturated heterocycles. The Bertz CT molecular complexity index is 575. The molecule has 0 bridgehead atoms. The maximum absolute atomic E-state index is 5.15. The van der Waals surface area contributed by atoms with E-state index in [0.717, 1.165) is 23.1 Å². The van der Waals surface area contributed by atoms with E-state index < -0.39 is 0 Å². The van der Waals surface area contributed by atoms with E-state index in [1.165, 1.54) is 44.9 Å². The Labute approximate surface area is 147 Å². The maximum Gasteiger partial charge on any atom is 0.118 e. The summed E-state index contributed by atoms with van der Waals surface area (Å²) in [6.45, 7) is 2.29. The molecule has 1 aromatic carbocycles. The van der Waals surface area contributed by atoms with Crippen LogP contribution in [0.3, 0.4) is 0 Å². The Morgan fingerprint density at radius 1 is 1.04 bits per heavy atom. The Morgan fingerprint density at radius 2 is 1.75 bits per heavy atom. The van der Waals surface area contributed by atoms with Gasteiger partial charge in [0, 0.05) is 0 Å². The summed E-state index contributed by atoms with van der Waals surface area (Å²) in [6.07, 6.45) is 17.9. The fourth-order valence-corrected chi connectivity index (χ4v) is 3.30. The van der Waals surface area contributed by atoms with Crippen LogP contribution in [0.1, 0.15) is 57.4 Å². The molecule has 0 amide bonds. The smallest absolute Gasteiger partial charge is 0.118 e. The highest BCUT2D eigenvalue weighted by Crippen LogP contribution is 2.32. The summed E-state index contributed by atoms with van der Waals surface area (Å²) >= 11 is 0. The van der Waals surface area contributed by atoms with Crippen LogP contribution in [0.15, 0.2) is 42.5 Å². The monoisotopic (exact) mass is 322 g/mol. The molecule has 0 aliphatic heterocycles. The molecule has 1 fully saturated rings. The number of hydrogen-bond donors (Lipinski definition) is 0. The predicted molar refractivity (Wildman–Crippen MR) is 104 cm³/mol. The zero-order valence-electron chi connectivity index (χ0n) is 15.1. The number of methoxy groups -OCH3 is 1. The third-order valence-corrected chi connectivity index (χ3v) is 4.87. The second-order valence-electron chi connectivity index (χ2n) is 6.68. The summed E-state index contributed by atoms with van der Waals surface area (Å²) in [4.78, 5) is 0. The summed E-state index contributed by atoms with van der Waals surface area (Å²) in [5.74, 6) is 8.82. The zero-order chi connectivity index (χ0) is 17.0. The Hall–Kier alpha value is -1.94. The molecule has 1 nitrogen and oxygen atoms in total. The van der Waals surface area contributed by atoms with Gasteiger partial charge in [-0.15, -0.1) is 0 Å². The average molecular weight is 322 g/mol. The molecule has 128 valence electrons. The van der Waals surface area contributed by atoms with Gasteiger partial charge in [0.15, 0.2) is 0 Å². The van der Waals surface area contributed by atoms with Gasteiger partial charge >= 0.3 is 0 Å². The maximum atomic E-state index is 5.15. The number of hydrogen-bond acceptors (Lipinski definition) is 1. The SMILES string of the molecule is CCCCC1CCC(/C=C/C#C/C=C/c2ccc(OC)cc2)CC1. The third kappa shape index (κ3) is 6.67. The first-order chi connectivity index (χ1) is 11.8. The molecular formula is C23H30O. The summed E-state index contributed by atoms with van der Waals surface area (Å²) < 4.78 is 5.15. The van der Waals surface area contributed by atoms with Crippen molar-refractivity contribution in [2.75, 3.05) is 7.11 Å². The number of allylic oxidation sites excluding steroid dienone is 3. The summed E-state index contributed by atoms with van der Waals surface area (Å²) in [6, 6.07) is 7.99. The van der Waals surface area contributed by atoms with Crippen molar-refractivity contribution in [3.63, 3.8) is 0 Å². The van der Waals surface area contributed by atoms with Gasteiger partial charge < -0.3 is 4.74 Å². The van der Waals surface area contributed by atoms with Crippen molar-refractivity contribution in [2.45, 2.75) is 51.9 Å². The quantitative estimate of drug-likeness (QED) is 0.561. The van der Waals surface area contributed by atoms with Gasteiger partial charge in [-0.05, 0) is 73.4 Å². The largest absolute Gasteiger partial charge is 0.497 e. The molecular weight excluding hydrogens is 292 g/mol. The molecule has 0 heterocycles. The molecule has 0 spiro atoms. The minimum absolute atomic E-state index is 0.739. The summed E-state index contributed by atoms with van der Waals surface area (Å²) in [5.41, 5.74) is 1.14. The molecule has 24 heavy (non-hydrogen) atoms. The number of rotatable bonds is 6. The highest BCUT2D eigenvalue weighted by Gasteiger charge is 2.18. The van der Waals surface area contributed by atoms with Gasteiger partial charge in [0.2, 0.25) is 0 Å².